The van der Waals surface area contributed by atoms with Gasteiger partial charge in [-0.1, -0.05) is 42.5 Å². The van der Waals surface area contributed by atoms with Crippen molar-refractivity contribution in [1.82, 2.24) is 35.5 Å². The van der Waals surface area contributed by atoms with Gasteiger partial charge in [-0.25, -0.2) is 4.98 Å². The number of carbonyl (C=O) groups is 1. The third-order valence-corrected chi connectivity index (χ3v) is 4.25. The molecule has 0 unspecified atom stereocenters. The SMILES string of the molecule is Cn1ccnc1[C@@H](NC(=O)c1cccc(-c2nn[nH]n2)c1)c1ccccc1. The maximum atomic E-state index is 12.9. The lowest BCUT2D eigenvalue weighted by atomic mass is 10.0. The molecule has 1 atom stereocenters. The number of amides is 1. The summed E-state index contributed by atoms with van der Waals surface area (Å²) >= 11 is 0. The summed E-state index contributed by atoms with van der Waals surface area (Å²) in [5.74, 6) is 0.981. The average molecular weight is 359 g/mol. The zero-order chi connectivity index (χ0) is 18.6. The van der Waals surface area contributed by atoms with Crippen molar-refractivity contribution < 1.29 is 4.79 Å². The minimum atomic E-state index is -0.368. The first-order valence-electron chi connectivity index (χ1n) is 8.39. The number of hydrogen-bond acceptors (Lipinski definition) is 5. The standard InChI is InChI=1S/C19H17N7O/c1-26-11-10-20-18(26)16(13-6-3-2-4-7-13)21-19(27)15-9-5-8-14(12-15)17-22-24-25-23-17/h2-12,16H,1H3,(H,21,27)(H,22,23,24,25)/t16-/m0/s1. The van der Waals surface area contributed by atoms with E-state index >= 15 is 0 Å². The molecule has 2 aromatic heterocycles. The van der Waals surface area contributed by atoms with Gasteiger partial charge in [-0.2, -0.15) is 5.21 Å². The number of carbonyl (C=O) groups excluding carboxylic acids is 1. The Labute approximate surface area is 155 Å². The summed E-state index contributed by atoms with van der Waals surface area (Å²) in [6.07, 6.45) is 3.57. The molecule has 0 fully saturated rings. The number of rotatable bonds is 5. The Balaban J connectivity index is 1.65. The van der Waals surface area contributed by atoms with Gasteiger partial charge in [0.05, 0.1) is 0 Å². The van der Waals surface area contributed by atoms with Gasteiger partial charge in [0.15, 0.2) is 0 Å². The Bertz CT molecular complexity index is 1040. The van der Waals surface area contributed by atoms with Crippen LogP contribution in [0.5, 0.6) is 0 Å². The first-order chi connectivity index (χ1) is 13.2. The number of aromatic nitrogens is 6. The second kappa shape index (κ2) is 7.20. The molecule has 27 heavy (non-hydrogen) atoms. The molecule has 4 rings (SSSR count). The summed E-state index contributed by atoms with van der Waals surface area (Å²) in [7, 11) is 1.90. The van der Waals surface area contributed by atoms with E-state index in [-0.39, 0.29) is 11.9 Å². The van der Waals surface area contributed by atoms with E-state index in [1.54, 1.807) is 24.4 Å². The first kappa shape index (κ1) is 16.6. The monoisotopic (exact) mass is 359 g/mol. The highest BCUT2D eigenvalue weighted by molar-refractivity contribution is 5.95. The summed E-state index contributed by atoms with van der Waals surface area (Å²) in [5.41, 5.74) is 2.17. The fraction of sp³-hybridized carbons (Fsp3) is 0.105. The molecule has 1 amide bonds. The van der Waals surface area contributed by atoms with E-state index in [2.05, 4.69) is 30.9 Å². The third-order valence-electron chi connectivity index (χ3n) is 4.25. The molecule has 2 N–H and O–H groups in total. The van der Waals surface area contributed by atoms with Crippen molar-refractivity contribution in [2.75, 3.05) is 0 Å². The quantitative estimate of drug-likeness (QED) is 0.568. The van der Waals surface area contributed by atoms with Crippen LogP contribution in [0.1, 0.15) is 27.8 Å². The molecular weight excluding hydrogens is 342 g/mol. The van der Waals surface area contributed by atoms with E-state index in [1.807, 2.05) is 54.2 Å². The number of imidazole rings is 1. The van der Waals surface area contributed by atoms with Crippen LogP contribution in [-0.2, 0) is 7.05 Å². The van der Waals surface area contributed by atoms with Crippen LogP contribution in [0.15, 0.2) is 67.0 Å². The summed E-state index contributed by atoms with van der Waals surface area (Å²) in [5, 5.41) is 17.0. The predicted molar refractivity (Wildman–Crippen MR) is 98.6 cm³/mol. The maximum absolute atomic E-state index is 12.9. The lowest BCUT2D eigenvalue weighted by Crippen LogP contribution is -2.31. The number of aromatic amines is 1. The van der Waals surface area contributed by atoms with E-state index in [0.29, 0.717) is 17.0 Å². The molecule has 8 nitrogen and oxygen atoms in total. The van der Waals surface area contributed by atoms with Gasteiger partial charge in [0.2, 0.25) is 5.82 Å². The Morgan fingerprint density at radius 3 is 2.70 bits per heavy atom. The van der Waals surface area contributed by atoms with Gasteiger partial charge in [0.1, 0.15) is 11.9 Å². The molecule has 2 aromatic carbocycles. The van der Waals surface area contributed by atoms with Crippen molar-refractivity contribution >= 4 is 5.91 Å². The van der Waals surface area contributed by atoms with Crippen LogP contribution in [0, 0.1) is 0 Å². The van der Waals surface area contributed by atoms with Crippen molar-refractivity contribution in [3.8, 4) is 11.4 Å². The molecular formula is C19H17N7O. The smallest absolute Gasteiger partial charge is 0.252 e. The van der Waals surface area contributed by atoms with Gasteiger partial charge in [-0.05, 0) is 22.9 Å². The largest absolute Gasteiger partial charge is 0.338 e. The molecule has 0 saturated carbocycles. The second-order valence-corrected chi connectivity index (χ2v) is 6.03. The zero-order valence-electron chi connectivity index (χ0n) is 14.6. The topological polar surface area (TPSA) is 101 Å². The maximum Gasteiger partial charge on any atom is 0.252 e. The van der Waals surface area contributed by atoms with E-state index in [1.165, 1.54) is 0 Å². The molecule has 0 radical (unpaired) electrons. The minimum Gasteiger partial charge on any atom is -0.338 e. The molecule has 0 aliphatic rings. The van der Waals surface area contributed by atoms with Crippen molar-refractivity contribution in [2.24, 2.45) is 7.05 Å². The van der Waals surface area contributed by atoms with Crippen LogP contribution >= 0.6 is 0 Å². The predicted octanol–water partition coefficient (Wildman–Crippen LogP) is 2.12. The van der Waals surface area contributed by atoms with Gasteiger partial charge in [0.25, 0.3) is 5.91 Å². The summed E-state index contributed by atoms with van der Waals surface area (Å²) in [6, 6.07) is 16.5. The summed E-state index contributed by atoms with van der Waals surface area (Å²) in [4.78, 5) is 17.4. The second-order valence-electron chi connectivity index (χ2n) is 6.03. The van der Waals surface area contributed by atoms with Crippen molar-refractivity contribution in [2.45, 2.75) is 6.04 Å². The molecule has 0 bridgehead atoms. The lowest BCUT2D eigenvalue weighted by Gasteiger charge is -2.19. The fourth-order valence-electron chi connectivity index (χ4n) is 2.90. The molecule has 0 saturated heterocycles. The summed E-state index contributed by atoms with van der Waals surface area (Å²) < 4.78 is 1.90. The number of hydrogen-bond donors (Lipinski definition) is 2. The average Bonchev–Trinajstić information content (AvgIpc) is 3.39. The fourth-order valence-corrected chi connectivity index (χ4v) is 2.90. The highest BCUT2D eigenvalue weighted by atomic mass is 16.1. The van der Waals surface area contributed by atoms with Crippen molar-refractivity contribution in [1.29, 1.82) is 0 Å². The van der Waals surface area contributed by atoms with Crippen LogP contribution in [0.25, 0.3) is 11.4 Å². The number of aryl methyl sites for hydroxylation is 1. The highest BCUT2D eigenvalue weighted by Gasteiger charge is 2.21. The van der Waals surface area contributed by atoms with Crippen LogP contribution in [-0.4, -0.2) is 36.1 Å². The minimum absolute atomic E-state index is 0.211. The Kier molecular flexibility index (Phi) is 4.44. The molecule has 0 aliphatic carbocycles. The Morgan fingerprint density at radius 2 is 2.00 bits per heavy atom. The first-order valence-corrected chi connectivity index (χ1v) is 8.39. The summed E-state index contributed by atoms with van der Waals surface area (Å²) in [6.45, 7) is 0. The highest BCUT2D eigenvalue weighted by Crippen LogP contribution is 2.22. The van der Waals surface area contributed by atoms with Gasteiger partial charge in [-0.15, -0.1) is 10.2 Å². The number of tetrazole rings is 1. The molecule has 4 aromatic rings. The zero-order valence-corrected chi connectivity index (χ0v) is 14.6. The normalized spacial score (nSPS) is 11.9. The van der Waals surface area contributed by atoms with E-state index in [9.17, 15) is 4.79 Å². The van der Waals surface area contributed by atoms with Crippen LogP contribution in [0.3, 0.4) is 0 Å². The molecule has 0 aliphatic heterocycles. The van der Waals surface area contributed by atoms with Gasteiger partial charge in [0, 0.05) is 30.6 Å². The van der Waals surface area contributed by atoms with Gasteiger partial charge >= 0.3 is 0 Å². The van der Waals surface area contributed by atoms with E-state index in [0.717, 1.165) is 11.4 Å². The molecule has 134 valence electrons. The Hall–Kier alpha value is -3.81. The van der Waals surface area contributed by atoms with E-state index < -0.39 is 0 Å². The number of nitrogens with one attached hydrogen (secondary N) is 2. The number of H-pyrrole nitrogens is 1. The number of nitrogens with zero attached hydrogens (tertiary/aromatic N) is 5. The van der Waals surface area contributed by atoms with Gasteiger partial charge in [-0.3, -0.25) is 4.79 Å². The van der Waals surface area contributed by atoms with Gasteiger partial charge < -0.3 is 9.88 Å². The van der Waals surface area contributed by atoms with Crippen LogP contribution in [0.4, 0.5) is 0 Å². The Morgan fingerprint density at radius 1 is 1.15 bits per heavy atom. The van der Waals surface area contributed by atoms with Crippen LogP contribution in [0.2, 0.25) is 0 Å². The third kappa shape index (κ3) is 3.45. The lowest BCUT2D eigenvalue weighted by molar-refractivity contribution is 0.0941. The molecule has 8 heteroatoms. The molecule has 0 spiro atoms. The van der Waals surface area contributed by atoms with Crippen LogP contribution < -0.4 is 5.32 Å². The van der Waals surface area contributed by atoms with Crippen molar-refractivity contribution in [3.63, 3.8) is 0 Å². The molecule has 2 heterocycles. The van der Waals surface area contributed by atoms with Crippen molar-refractivity contribution in [3.05, 3.63) is 83.9 Å². The van der Waals surface area contributed by atoms with E-state index in [4.69, 9.17) is 0 Å². The number of benzene rings is 2.